The van der Waals surface area contributed by atoms with Gasteiger partial charge in [-0.1, -0.05) is 36.4 Å². The molecule has 4 aromatic rings. The van der Waals surface area contributed by atoms with Gasteiger partial charge in [0, 0.05) is 56.7 Å². The fourth-order valence-electron chi connectivity index (χ4n) is 4.76. The maximum absolute atomic E-state index is 12.6. The molecule has 3 aromatic carbocycles. The number of nitrogens with one attached hydrogen (secondary N) is 3. The minimum atomic E-state index is -0.662. The van der Waals surface area contributed by atoms with Crippen molar-refractivity contribution in [3.63, 3.8) is 0 Å². The van der Waals surface area contributed by atoms with E-state index in [1.54, 1.807) is 31.4 Å². The molecule has 222 valence electrons. The van der Waals surface area contributed by atoms with Gasteiger partial charge in [0.25, 0.3) is 11.8 Å². The molecule has 1 fully saturated rings. The number of nitrogens with zero attached hydrogens (tertiary/aromatic N) is 4. The molecule has 11 nitrogen and oxygen atoms in total. The Hall–Kier alpha value is -5.00. The number of carbonyl (C=O) groups excluding carboxylic acids is 2. The maximum Gasteiger partial charge on any atom is 0.254 e. The van der Waals surface area contributed by atoms with Crippen molar-refractivity contribution in [2.24, 2.45) is 5.73 Å². The second-order valence-electron chi connectivity index (χ2n) is 10.4. The lowest BCUT2D eigenvalue weighted by Crippen LogP contribution is -2.43. The van der Waals surface area contributed by atoms with Gasteiger partial charge in [-0.15, -0.1) is 0 Å². The van der Waals surface area contributed by atoms with Crippen LogP contribution in [0.5, 0.6) is 5.75 Å². The molecule has 0 bridgehead atoms. The van der Waals surface area contributed by atoms with E-state index in [9.17, 15) is 9.59 Å². The first-order valence-corrected chi connectivity index (χ1v) is 14.1. The first kappa shape index (κ1) is 29.5. The van der Waals surface area contributed by atoms with E-state index in [0.29, 0.717) is 29.2 Å². The molecule has 0 atom stereocenters. The first-order chi connectivity index (χ1) is 20.9. The summed E-state index contributed by atoms with van der Waals surface area (Å²) >= 11 is 0. The van der Waals surface area contributed by atoms with Crippen molar-refractivity contribution in [1.29, 1.82) is 0 Å². The van der Waals surface area contributed by atoms with Crippen LogP contribution >= 0.6 is 0 Å². The summed E-state index contributed by atoms with van der Waals surface area (Å²) in [7, 11) is 3.74. The number of hydrogen-bond donors (Lipinski definition) is 4. The predicted octanol–water partition coefficient (Wildman–Crippen LogP) is 3.75. The highest BCUT2D eigenvalue weighted by molar-refractivity contribution is 5.98. The van der Waals surface area contributed by atoms with E-state index in [1.807, 2.05) is 48.5 Å². The summed E-state index contributed by atoms with van der Waals surface area (Å²) in [5.41, 5.74) is 9.75. The standard InChI is InChI=1S/C32H36N8O3/c1-39-14-16-40(17-15-39)21-23-8-13-27(28(18-23)43-2)37-30-26(29(33)41)20-35-32(38-30)36-25-11-9-24(10-12-25)31(42)34-19-22-6-4-3-5-7-22/h3-13,18,20H,14-17,19,21H2,1-2H3,(H2,33,41)(H,34,42)(H2,35,36,37,38). The predicted molar refractivity (Wildman–Crippen MR) is 167 cm³/mol. The van der Waals surface area contributed by atoms with Gasteiger partial charge in [-0.25, -0.2) is 4.98 Å². The largest absolute Gasteiger partial charge is 0.495 e. The molecule has 2 amide bonds. The molecule has 5 rings (SSSR count). The van der Waals surface area contributed by atoms with Gasteiger partial charge in [0.05, 0.1) is 12.8 Å². The third-order valence-corrected chi connectivity index (χ3v) is 7.27. The Morgan fingerprint density at radius 1 is 0.930 bits per heavy atom. The van der Waals surface area contributed by atoms with E-state index >= 15 is 0 Å². The number of piperazine rings is 1. The van der Waals surface area contributed by atoms with Crippen molar-refractivity contribution in [3.8, 4) is 5.75 Å². The average molecular weight is 581 g/mol. The van der Waals surface area contributed by atoms with Crippen LogP contribution in [0.2, 0.25) is 0 Å². The number of amides is 2. The third-order valence-electron chi connectivity index (χ3n) is 7.27. The highest BCUT2D eigenvalue weighted by atomic mass is 16.5. The van der Waals surface area contributed by atoms with E-state index in [-0.39, 0.29) is 23.2 Å². The Balaban J connectivity index is 1.26. The number of carbonyl (C=O) groups is 2. The van der Waals surface area contributed by atoms with Crippen molar-refractivity contribution < 1.29 is 14.3 Å². The van der Waals surface area contributed by atoms with Gasteiger partial charge in [-0.05, 0) is 54.6 Å². The summed E-state index contributed by atoms with van der Waals surface area (Å²) in [6.07, 6.45) is 1.37. The van der Waals surface area contributed by atoms with Crippen LogP contribution in [0, 0.1) is 0 Å². The Kier molecular flexibility index (Phi) is 9.45. The van der Waals surface area contributed by atoms with E-state index in [0.717, 1.165) is 43.9 Å². The molecule has 0 spiro atoms. The molecule has 2 heterocycles. The first-order valence-electron chi connectivity index (χ1n) is 14.1. The average Bonchev–Trinajstić information content (AvgIpc) is 3.02. The van der Waals surface area contributed by atoms with Crippen LogP contribution in [0.25, 0.3) is 0 Å². The molecule has 1 aliphatic heterocycles. The van der Waals surface area contributed by atoms with Gasteiger partial charge in [0.15, 0.2) is 0 Å². The van der Waals surface area contributed by atoms with Gasteiger partial charge < -0.3 is 31.3 Å². The summed E-state index contributed by atoms with van der Waals surface area (Å²) in [4.78, 5) is 38.3. The zero-order chi connectivity index (χ0) is 30.2. The molecule has 43 heavy (non-hydrogen) atoms. The van der Waals surface area contributed by atoms with E-state index in [2.05, 4.69) is 42.8 Å². The fraction of sp³-hybridized carbons (Fsp3) is 0.250. The zero-order valence-corrected chi connectivity index (χ0v) is 24.3. The number of anilines is 4. The van der Waals surface area contributed by atoms with Crippen LogP contribution in [0.1, 0.15) is 31.8 Å². The fourth-order valence-corrected chi connectivity index (χ4v) is 4.76. The summed E-state index contributed by atoms with van der Waals surface area (Å²) < 4.78 is 5.67. The molecule has 0 aliphatic carbocycles. The van der Waals surface area contributed by atoms with E-state index < -0.39 is 5.91 Å². The third kappa shape index (κ3) is 7.85. The number of nitrogens with two attached hydrogens (primary N) is 1. The normalized spacial score (nSPS) is 13.7. The summed E-state index contributed by atoms with van der Waals surface area (Å²) in [6.45, 7) is 5.39. The number of benzene rings is 3. The Morgan fingerprint density at radius 3 is 2.37 bits per heavy atom. The SMILES string of the molecule is COc1cc(CN2CCN(C)CC2)ccc1Nc1nc(Nc2ccc(C(=O)NCc3ccccc3)cc2)ncc1C(N)=O. The van der Waals surface area contributed by atoms with Crippen LogP contribution in [0.15, 0.2) is 79.0 Å². The van der Waals surface area contributed by atoms with Crippen LogP contribution in [-0.2, 0) is 13.1 Å². The van der Waals surface area contributed by atoms with Crippen LogP contribution in [0.4, 0.5) is 23.1 Å². The Bertz CT molecular complexity index is 1560. The number of rotatable bonds is 11. The van der Waals surface area contributed by atoms with Crippen molar-refractivity contribution in [3.05, 3.63) is 101 Å². The summed E-state index contributed by atoms with van der Waals surface area (Å²) in [5, 5.41) is 9.23. The van der Waals surface area contributed by atoms with Crippen molar-refractivity contribution in [1.82, 2.24) is 25.1 Å². The summed E-state index contributed by atoms with van der Waals surface area (Å²) in [6, 6.07) is 22.6. The molecule has 0 radical (unpaired) electrons. The minimum absolute atomic E-state index is 0.138. The lowest BCUT2D eigenvalue weighted by molar-refractivity contribution is 0.0949. The summed E-state index contributed by atoms with van der Waals surface area (Å²) in [5.74, 6) is 0.278. The topological polar surface area (TPSA) is 138 Å². The number of hydrogen-bond acceptors (Lipinski definition) is 9. The van der Waals surface area contributed by atoms with Crippen LogP contribution < -0.4 is 26.4 Å². The zero-order valence-electron chi connectivity index (χ0n) is 24.3. The molecule has 0 unspecified atom stereocenters. The number of likely N-dealkylation sites (N-methyl/N-ethyl adjacent to an activating group) is 1. The number of primary amides is 1. The quantitative estimate of drug-likeness (QED) is 0.209. The molecule has 1 saturated heterocycles. The van der Waals surface area contributed by atoms with E-state index in [4.69, 9.17) is 10.5 Å². The molecule has 5 N–H and O–H groups in total. The highest BCUT2D eigenvalue weighted by Gasteiger charge is 2.17. The van der Waals surface area contributed by atoms with Gasteiger partial charge in [0.1, 0.15) is 17.1 Å². The van der Waals surface area contributed by atoms with Gasteiger partial charge in [0.2, 0.25) is 5.95 Å². The molecular weight excluding hydrogens is 544 g/mol. The lowest BCUT2D eigenvalue weighted by Gasteiger charge is -2.32. The number of methoxy groups -OCH3 is 1. The second-order valence-corrected chi connectivity index (χ2v) is 10.4. The monoisotopic (exact) mass is 580 g/mol. The lowest BCUT2D eigenvalue weighted by atomic mass is 10.1. The van der Waals surface area contributed by atoms with E-state index in [1.165, 1.54) is 6.20 Å². The Labute approximate surface area is 251 Å². The molecule has 0 saturated carbocycles. The smallest absolute Gasteiger partial charge is 0.254 e. The van der Waals surface area contributed by atoms with Crippen molar-refractivity contribution in [2.45, 2.75) is 13.1 Å². The molecular formula is C32H36N8O3. The minimum Gasteiger partial charge on any atom is -0.495 e. The molecule has 1 aliphatic rings. The van der Waals surface area contributed by atoms with Crippen molar-refractivity contribution in [2.75, 3.05) is 51.0 Å². The maximum atomic E-state index is 12.6. The highest BCUT2D eigenvalue weighted by Crippen LogP contribution is 2.30. The molecule has 1 aromatic heterocycles. The number of aromatic nitrogens is 2. The van der Waals surface area contributed by atoms with Crippen molar-refractivity contribution >= 4 is 35.0 Å². The Morgan fingerprint density at radius 2 is 1.67 bits per heavy atom. The van der Waals surface area contributed by atoms with Crippen LogP contribution in [-0.4, -0.2) is 71.9 Å². The number of ether oxygens (including phenoxy) is 1. The second kappa shape index (κ2) is 13.8. The van der Waals surface area contributed by atoms with Gasteiger partial charge in [-0.2, -0.15) is 4.98 Å². The van der Waals surface area contributed by atoms with Crippen LogP contribution in [0.3, 0.4) is 0 Å². The van der Waals surface area contributed by atoms with Gasteiger partial charge in [-0.3, -0.25) is 14.5 Å². The van der Waals surface area contributed by atoms with Gasteiger partial charge >= 0.3 is 0 Å². The molecule has 11 heteroatoms.